The van der Waals surface area contributed by atoms with Crippen molar-refractivity contribution in [2.75, 3.05) is 0 Å². The Kier molecular flexibility index (Phi) is 5.36. The second kappa shape index (κ2) is 7.71. The molecule has 0 saturated carbocycles. The first kappa shape index (κ1) is 18.8. The Bertz CT molecular complexity index is 1080. The maximum absolute atomic E-state index is 12.3. The number of rotatable bonds is 6. The van der Waals surface area contributed by atoms with Crippen molar-refractivity contribution in [1.29, 1.82) is 0 Å². The maximum Gasteiger partial charge on any atom is 0.356 e. The lowest BCUT2D eigenvalue weighted by molar-refractivity contribution is -0.117. The van der Waals surface area contributed by atoms with Crippen molar-refractivity contribution in [3.63, 3.8) is 0 Å². The molecule has 0 amide bonds. The lowest BCUT2D eigenvalue weighted by Gasteiger charge is -2.07. The Morgan fingerprint density at radius 2 is 1.96 bits per heavy atom. The largest absolute Gasteiger partial charge is 0.356 e. The van der Waals surface area contributed by atoms with E-state index in [-0.39, 0.29) is 35.3 Å². The molecule has 2 heterocycles. The van der Waals surface area contributed by atoms with Crippen LogP contribution >= 0.6 is 7.60 Å². The Balaban J connectivity index is 1.73. The SMILES string of the molecule is O=C(Cc1cccc(P(=O)(O)O)c1)Cc1cnc(-c2cccnn2)[nH]c1=O. The van der Waals surface area contributed by atoms with Crippen LogP contribution in [0, 0.1) is 0 Å². The normalized spacial score (nSPS) is 11.3. The van der Waals surface area contributed by atoms with Gasteiger partial charge in [0.1, 0.15) is 11.5 Å². The molecule has 2 aromatic heterocycles. The van der Waals surface area contributed by atoms with Crippen LogP contribution in [-0.4, -0.2) is 35.7 Å². The number of carbonyl (C=O) groups is 1. The molecule has 0 fully saturated rings. The molecular formula is C17H15N4O5P. The van der Waals surface area contributed by atoms with Crippen LogP contribution < -0.4 is 10.9 Å². The Morgan fingerprint density at radius 3 is 2.63 bits per heavy atom. The first-order chi connectivity index (χ1) is 12.8. The van der Waals surface area contributed by atoms with E-state index in [1.165, 1.54) is 30.6 Å². The van der Waals surface area contributed by atoms with Gasteiger partial charge in [-0.05, 0) is 29.8 Å². The molecule has 9 nitrogen and oxygen atoms in total. The second-order valence-corrected chi connectivity index (χ2v) is 7.41. The molecule has 0 atom stereocenters. The highest BCUT2D eigenvalue weighted by Gasteiger charge is 2.18. The van der Waals surface area contributed by atoms with Gasteiger partial charge in [-0.15, -0.1) is 5.10 Å². The van der Waals surface area contributed by atoms with Crippen LogP contribution in [0.5, 0.6) is 0 Å². The number of nitrogens with one attached hydrogen (secondary N) is 1. The number of hydrogen-bond donors (Lipinski definition) is 3. The highest BCUT2D eigenvalue weighted by atomic mass is 31.2. The summed E-state index contributed by atoms with van der Waals surface area (Å²) < 4.78 is 11.3. The van der Waals surface area contributed by atoms with Crippen LogP contribution in [0.3, 0.4) is 0 Å². The van der Waals surface area contributed by atoms with Crippen molar-refractivity contribution in [1.82, 2.24) is 20.2 Å². The van der Waals surface area contributed by atoms with Gasteiger partial charge in [0, 0.05) is 30.8 Å². The van der Waals surface area contributed by atoms with E-state index < -0.39 is 13.2 Å². The van der Waals surface area contributed by atoms with Crippen LogP contribution in [-0.2, 0) is 22.2 Å². The van der Waals surface area contributed by atoms with Crippen LogP contribution in [0.1, 0.15) is 11.1 Å². The van der Waals surface area contributed by atoms with E-state index in [1.807, 2.05) is 0 Å². The standard InChI is InChI=1S/C17H15N4O5P/c22-13(7-11-3-1-4-14(8-11)27(24,25)26)9-12-10-18-16(20-17(12)23)15-5-2-6-19-21-15/h1-6,8,10H,7,9H2,(H,18,20,23)(H2,24,25,26). The summed E-state index contributed by atoms with van der Waals surface area (Å²) in [5, 5.41) is 7.41. The third kappa shape index (κ3) is 4.79. The topological polar surface area (TPSA) is 146 Å². The van der Waals surface area contributed by atoms with Gasteiger partial charge in [-0.3, -0.25) is 14.2 Å². The Labute approximate surface area is 153 Å². The molecular weight excluding hydrogens is 371 g/mol. The molecule has 10 heteroatoms. The number of carbonyl (C=O) groups excluding carboxylic acids is 1. The molecule has 0 unspecified atom stereocenters. The van der Waals surface area contributed by atoms with E-state index in [0.29, 0.717) is 11.3 Å². The molecule has 138 valence electrons. The van der Waals surface area contributed by atoms with E-state index in [2.05, 4.69) is 20.2 Å². The minimum absolute atomic E-state index is 0.0564. The van der Waals surface area contributed by atoms with Gasteiger partial charge in [0.15, 0.2) is 5.82 Å². The van der Waals surface area contributed by atoms with Gasteiger partial charge >= 0.3 is 7.60 Å². The minimum atomic E-state index is -4.38. The molecule has 0 spiro atoms. The summed E-state index contributed by atoms with van der Waals surface area (Å²) >= 11 is 0. The summed E-state index contributed by atoms with van der Waals surface area (Å²) in [6.07, 6.45) is 2.60. The first-order valence-corrected chi connectivity index (χ1v) is 9.47. The van der Waals surface area contributed by atoms with E-state index >= 15 is 0 Å². The molecule has 27 heavy (non-hydrogen) atoms. The molecule has 3 aromatic rings. The van der Waals surface area contributed by atoms with Gasteiger partial charge in [0.25, 0.3) is 5.56 Å². The Morgan fingerprint density at radius 1 is 1.15 bits per heavy atom. The predicted molar refractivity (Wildman–Crippen MR) is 96.4 cm³/mol. The molecule has 0 bridgehead atoms. The number of H-pyrrole nitrogens is 1. The lowest BCUT2D eigenvalue weighted by Crippen LogP contribution is -2.19. The predicted octanol–water partition coefficient (Wildman–Crippen LogP) is 0.384. The molecule has 0 aliphatic rings. The third-order valence-corrected chi connectivity index (χ3v) is 4.67. The van der Waals surface area contributed by atoms with E-state index in [1.54, 1.807) is 18.2 Å². The zero-order chi connectivity index (χ0) is 19.4. The van der Waals surface area contributed by atoms with E-state index in [4.69, 9.17) is 0 Å². The zero-order valence-electron chi connectivity index (χ0n) is 13.9. The Hall–Kier alpha value is -3.00. The first-order valence-electron chi connectivity index (χ1n) is 7.86. The maximum atomic E-state index is 12.3. The van der Waals surface area contributed by atoms with Crippen molar-refractivity contribution in [3.8, 4) is 11.5 Å². The number of hydrogen-bond acceptors (Lipinski definition) is 6. The quantitative estimate of drug-likeness (QED) is 0.516. The second-order valence-electron chi connectivity index (χ2n) is 5.80. The van der Waals surface area contributed by atoms with Crippen molar-refractivity contribution in [3.05, 3.63) is 70.3 Å². The van der Waals surface area contributed by atoms with Crippen molar-refractivity contribution >= 4 is 18.7 Å². The summed E-state index contributed by atoms with van der Waals surface area (Å²) in [5.41, 5.74) is 0.602. The van der Waals surface area contributed by atoms with Crippen LogP contribution in [0.25, 0.3) is 11.5 Å². The minimum Gasteiger partial charge on any atom is -0.321 e. The number of aromatic nitrogens is 4. The molecule has 0 aliphatic heterocycles. The van der Waals surface area contributed by atoms with Gasteiger partial charge in [-0.1, -0.05) is 12.1 Å². The summed E-state index contributed by atoms with van der Waals surface area (Å²) in [7, 11) is -4.38. The van der Waals surface area contributed by atoms with Gasteiger partial charge in [-0.2, -0.15) is 5.10 Å². The lowest BCUT2D eigenvalue weighted by atomic mass is 10.0. The average molecular weight is 386 g/mol. The van der Waals surface area contributed by atoms with E-state index in [9.17, 15) is 23.9 Å². The van der Waals surface area contributed by atoms with Crippen molar-refractivity contribution in [2.45, 2.75) is 12.8 Å². The monoisotopic (exact) mass is 386 g/mol. The molecule has 0 aliphatic carbocycles. The van der Waals surface area contributed by atoms with Gasteiger partial charge < -0.3 is 14.8 Å². The van der Waals surface area contributed by atoms with Crippen molar-refractivity contribution < 1.29 is 19.1 Å². The van der Waals surface area contributed by atoms with Crippen molar-refractivity contribution in [2.24, 2.45) is 0 Å². The van der Waals surface area contributed by atoms with Crippen LogP contribution in [0.2, 0.25) is 0 Å². The van der Waals surface area contributed by atoms with Crippen LogP contribution in [0.4, 0.5) is 0 Å². The number of aromatic amines is 1. The summed E-state index contributed by atoms with van der Waals surface area (Å²) in [6, 6.07) is 8.96. The smallest absolute Gasteiger partial charge is 0.321 e. The molecule has 0 saturated heterocycles. The molecule has 3 N–H and O–H groups in total. The number of Topliss-reactive ketones (excluding diaryl/α,β-unsaturated/α-hetero) is 1. The summed E-state index contributed by atoms with van der Waals surface area (Å²) in [4.78, 5) is 49.5. The highest BCUT2D eigenvalue weighted by molar-refractivity contribution is 7.60. The van der Waals surface area contributed by atoms with Gasteiger partial charge in [-0.25, -0.2) is 4.98 Å². The molecule has 0 radical (unpaired) electrons. The van der Waals surface area contributed by atoms with Crippen LogP contribution in [0.15, 0.2) is 53.6 Å². The summed E-state index contributed by atoms with van der Waals surface area (Å²) in [5.74, 6) is -0.0314. The zero-order valence-corrected chi connectivity index (χ0v) is 14.8. The number of ketones is 1. The number of benzene rings is 1. The number of nitrogens with zero attached hydrogens (tertiary/aromatic N) is 3. The van der Waals surface area contributed by atoms with Gasteiger partial charge in [0.05, 0.1) is 5.30 Å². The van der Waals surface area contributed by atoms with Gasteiger partial charge in [0.2, 0.25) is 0 Å². The highest BCUT2D eigenvalue weighted by Crippen LogP contribution is 2.33. The summed E-state index contributed by atoms with van der Waals surface area (Å²) in [6.45, 7) is 0. The fourth-order valence-electron chi connectivity index (χ4n) is 2.46. The van der Waals surface area contributed by atoms with E-state index in [0.717, 1.165) is 0 Å². The average Bonchev–Trinajstić information content (AvgIpc) is 2.63. The third-order valence-electron chi connectivity index (χ3n) is 3.72. The molecule has 1 aromatic carbocycles. The molecule has 3 rings (SSSR count). The fraction of sp³-hybridized carbons (Fsp3) is 0.118. The fourth-order valence-corrected chi connectivity index (χ4v) is 3.07.